The zero-order chi connectivity index (χ0) is 16.7. The van der Waals surface area contributed by atoms with Gasteiger partial charge in [-0.05, 0) is 37.0 Å². The summed E-state index contributed by atoms with van der Waals surface area (Å²) in [5, 5.41) is 0.662. The zero-order valence-corrected chi connectivity index (χ0v) is 14.8. The number of nitrogens with zero attached hydrogens (tertiary/aromatic N) is 2. The van der Waals surface area contributed by atoms with Gasteiger partial charge in [0.15, 0.2) is 0 Å². The number of halogens is 3. The highest BCUT2D eigenvalue weighted by Gasteiger charge is 2.42. The maximum atomic E-state index is 12.8. The Hall–Kier alpha value is -1.23. The molecule has 1 fully saturated rings. The second kappa shape index (κ2) is 6.34. The van der Waals surface area contributed by atoms with Crippen LogP contribution in [0.5, 0.6) is 0 Å². The van der Waals surface area contributed by atoms with E-state index in [0.29, 0.717) is 21.7 Å². The van der Waals surface area contributed by atoms with Crippen LogP contribution in [-0.2, 0) is 9.59 Å². The lowest BCUT2D eigenvalue weighted by atomic mass is 9.99. The normalized spacial score (nSPS) is 20.0. The molecular formula is C16H15Cl3N2O2. The number of carbonyl (C=O) groups excluding carboxylic acids is 2. The third-order valence-corrected chi connectivity index (χ3v) is 4.99. The number of imide groups is 1. The van der Waals surface area contributed by atoms with Crippen molar-refractivity contribution >= 4 is 52.3 Å². The van der Waals surface area contributed by atoms with Crippen LogP contribution in [-0.4, -0.2) is 29.8 Å². The predicted octanol–water partition coefficient (Wildman–Crippen LogP) is 4.05. The Morgan fingerprint density at radius 1 is 0.957 bits per heavy atom. The molecule has 2 heterocycles. The number of piperidine rings is 1. The molecule has 0 aliphatic carbocycles. The Balaban J connectivity index is 1.92. The summed E-state index contributed by atoms with van der Waals surface area (Å²) in [5.74, 6) is -0.350. The summed E-state index contributed by atoms with van der Waals surface area (Å²) in [6, 6.07) is 4.59. The minimum Gasteiger partial charge on any atom is -0.366 e. The Bertz CT molecular complexity index is 689. The third kappa shape index (κ3) is 3.08. The van der Waals surface area contributed by atoms with Gasteiger partial charge in [-0.15, -0.1) is 0 Å². The second-order valence-corrected chi connectivity index (χ2v) is 7.16. The molecule has 0 saturated carbocycles. The maximum absolute atomic E-state index is 12.8. The van der Waals surface area contributed by atoms with E-state index in [1.165, 1.54) is 12.1 Å². The van der Waals surface area contributed by atoms with Crippen molar-refractivity contribution in [2.45, 2.75) is 19.8 Å². The quantitative estimate of drug-likeness (QED) is 0.734. The molecule has 3 rings (SSSR count). The van der Waals surface area contributed by atoms with Crippen molar-refractivity contribution in [2.75, 3.05) is 18.0 Å². The molecule has 1 aromatic rings. The monoisotopic (exact) mass is 372 g/mol. The average Bonchev–Trinajstić information content (AvgIpc) is 2.69. The van der Waals surface area contributed by atoms with Crippen molar-refractivity contribution in [3.05, 3.63) is 39.0 Å². The Kier molecular flexibility index (Phi) is 4.59. The van der Waals surface area contributed by atoms with Gasteiger partial charge in [-0.1, -0.05) is 41.7 Å². The number of anilines is 1. The van der Waals surface area contributed by atoms with Crippen molar-refractivity contribution in [3.63, 3.8) is 0 Å². The van der Waals surface area contributed by atoms with Gasteiger partial charge in [0.25, 0.3) is 11.8 Å². The summed E-state index contributed by atoms with van der Waals surface area (Å²) >= 11 is 18.1. The van der Waals surface area contributed by atoms with E-state index in [1.54, 1.807) is 6.07 Å². The largest absolute Gasteiger partial charge is 0.366 e. The fourth-order valence-electron chi connectivity index (χ4n) is 2.90. The molecule has 1 saturated heterocycles. The lowest BCUT2D eigenvalue weighted by Crippen LogP contribution is -2.38. The van der Waals surface area contributed by atoms with Crippen LogP contribution in [0.4, 0.5) is 5.69 Å². The number of amides is 2. The smallest absolute Gasteiger partial charge is 0.283 e. The number of likely N-dealkylation sites (tertiary alicyclic amines) is 1. The number of carbonyl (C=O) groups is 2. The molecule has 122 valence electrons. The fraction of sp³-hybridized carbons (Fsp3) is 0.375. The van der Waals surface area contributed by atoms with Gasteiger partial charge in [0, 0.05) is 23.1 Å². The highest BCUT2D eigenvalue weighted by molar-refractivity contribution is 6.52. The van der Waals surface area contributed by atoms with Crippen LogP contribution >= 0.6 is 34.8 Å². The van der Waals surface area contributed by atoms with Crippen molar-refractivity contribution in [2.24, 2.45) is 5.92 Å². The average molecular weight is 374 g/mol. The first-order chi connectivity index (χ1) is 10.9. The van der Waals surface area contributed by atoms with E-state index in [1.807, 2.05) is 4.90 Å². The Morgan fingerprint density at radius 2 is 1.52 bits per heavy atom. The summed E-state index contributed by atoms with van der Waals surface area (Å²) < 4.78 is 0. The van der Waals surface area contributed by atoms with Gasteiger partial charge in [0.2, 0.25) is 0 Å². The van der Waals surface area contributed by atoms with Gasteiger partial charge in [0.1, 0.15) is 10.7 Å². The first-order valence-electron chi connectivity index (χ1n) is 7.38. The van der Waals surface area contributed by atoms with Gasteiger partial charge in [-0.3, -0.25) is 9.59 Å². The van der Waals surface area contributed by atoms with Crippen LogP contribution in [0.2, 0.25) is 10.0 Å². The van der Waals surface area contributed by atoms with Crippen molar-refractivity contribution in [1.29, 1.82) is 0 Å². The van der Waals surface area contributed by atoms with Gasteiger partial charge in [0.05, 0.1) is 5.69 Å². The molecule has 2 amide bonds. The molecule has 0 N–H and O–H groups in total. The SMILES string of the molecule is CC1CCN(C2=C(Cl)C(=O)N(c3cc(Cl)cc(Cl)c3)C2=O)CC1. The van der Waals surface area contributed by atoms with Gasteiger partial charge < -0.3 is 4.90 Å². The zero-order valence-electron chi connectivity index (χ0n) is 12.5. The topological polar surface area (TPSA) is 40.6 Å². The number of hydrogen-bond donors (Lipinski definition) is 0. The lowest BCUT2D eigenvalue weighted by Gasteiger charge is -2.32. The molecule has 1 aromatic carbocycles. The molecule has 0 aromatic heterocycles. The highest BCUT2D eigenvalue weighted by atomic mass is 35.5. The molecule has 2 aliphatic heterocycles. The highest BCUT2D eigenvalue weighted by Crippen LogP contribution is 2.35. The van der Waals surface area contributed by atoms with E-state index in [9.17, 15) is 9.59 Å². The first-order valence-corrected chi connectivity index (χ1v) is 8.51. The van der Waals surface area contributed by atoms with Crippen molar-refractivity contribution < 1.29 is 9.59 Å². The molecule has 0 radical (unpaired) electrons. The summed E-state index contributed by atoms with van der Waals surface area (Å²) in [6.45, 7) is 3.61. The lowest BCUT2D eigenvalue weighted by molar-refractivity contribution is -0.121. The van der Waals surface area contributed by atoms with Crippen LogP contribution in [0.25, 0.3) is 0 Å². The van der Waals surface area contributed by atoms with Crippen LogP contribution in [0.1, 0.15) is 19.8 Å². The molecule has 0 bridgehead atoms. The van der Waals surface area contributed by atoms with Crippen LogP contribution in [0, 0.1) is 5.92 Å². The molecular weight excluding hydrogens is 359 g/mol. The number of hydrogen-bond acceptors (Lipinski definition) is 3. The van der Waals surface area contributed by atoms with Gasteiger partial charge >= 0.3 is 0 Å². The molecule has 4 nitrogen and oxygen atoms in total. The van der Waals surface area contributed by atoms with E-state index >= 15 is 0 Å². The molecule has 7 heteroatoms. The van der Waals surface area contributed by atoms with Gasteiger partial charge in [-0.25, -0.2) is 4.90 Å². The van der Waals surface area contributed by atoms with Crippen molar-refractivity contribution in [3.8, 4) is 0 Å². The maximum Gasteiger partial charge on any atom is 0.283 e. The van der Waals surface area contributed by atoms with E-state index < -0.39 is 11.8 Å². The standard InChI is InChI=1S/C16H15Cl3N2O2/c1-9-2-4-20(5-3-9)14-13(19)15(22)21(16(14)23)12-7-10(17)6-11(18)8-12/h6-9H,2-5H2,1H3. The predicted molar refractivity (Wildman–Crippen MR) is 91.8 cm³/mol. The minimum atomic E-state index is -0.538. The third-order valence-electron chi connectivity index (χ3n) is 4.21. The summed E-state index contributed by atoms with van der Waals surface area (Å²) in [7, 11) is 0. The molecule has 23 heavy (non-hydrogen) atoms. The van der Waals surface area contributed by atoms with Crippen LogP contribution in [0.15, 0.2) is 28.9 Å². The Morgan fingerprint density at radius 3 is 2.09 bits per heavy atom. The Labute approximate surface area is 149 Å². The van der Waals surface area contributed by atoms with Crippen LogP contribution < -0.4 is 4.90 Å². The van der Waals surface area contributed by atoms with E-state index in [-0.39, 0.29) is 10.7 Å². The summed E-state index contributed by atoms with van der Waals surface area (Å²) in [6.07, 6.45) is 1.94. The summed E-state index contributed by atoms with van der Waals surface area (Å²) in [5.41, 5.74) is 0.607. The number of rotatable bonds is 2. The van der Waals surface area contributed by atoms with Crippen LogP contribution in [0.3, 0.4) is 0 Å². The molecule has 0 spiro atoms. The summed E-state index contributed by atoms with van der Waals surface area (Å²) in [4.78, 5) is 28.2. The van der Waals surface area contributed by atoms with E-state index in [4.69, 9.17) is 34.8 Å². The fourth-order valence-corrected chi connectivity index (χ4v) is 3.70. The van der Waals surface area contributed by atoms with E-state index in [2.05, 4.69) is 6.92 Å². The molecule has 0 atom stereocenters. The van der Waals surface area contributed by atoms with Gasteiger partial charge in [-0.2, -0.15) is 0 Å². The number of benzene rings is 1. The minimum absolute atomic E-state index is 0.0411. The molecule has 0 unspecified atom stereocenters. The second-order valence-electron chi connectivity index (χ2n) is 5.91. The van der Waals surface area contributed by atoms with Crippen molar-refractivity contribution in [1.82, 2.24) is 4.90 Å². The molecule has 2 aliphatic rings. The first kappa shape index (κ1) is 16.6. The van der Waals surface area contributed by atoms with E-state index in [0.717, 1.165) is 30.8 Å².